The Bertz CT molecular complexity index is 549. The molecule has 0 unspecified atom stereocenters. The van der Waals surface area contributed by atoms with Crippen LogP contribution in [0.15, 0.2) is 24.4 Å². The summed E-state index contributed by atoms with van der Waals surface area (Å²) in [6.07, 6.45) is 2.98. The van der Waals surface area contributed by atoms with Crippen molar-refractivity contribution >= 4 is 29.2 Å². The van der Waals surface area contributed by atoms with Crippen LogP contribution in [0.3, 0.4) is 0 Å². The Morgan fingerprint density at radius 1 is 1.33 bits per heavy atom. The van der Waals surface area contributed by atoms with Gasteiger partial charge in [-0.15, -0.1) is 0 Å². The summed E-state index contributed by atoms with van der Waals surface area (Å²) in [5, 5.41) is 4.36. The number of aryl methyl sites for hydroxylation is 1. The van der Waals surface area contributed by atoms with Crippen molar-refractivity contribution in [2.75, 3.05) is 11.9 Å². The molecular formula is C13H15Cl2N3. The van der Waals surface area contributed by atoms with E-state index < -0.39 is 0 Å². The molecule has 0 aliphatic rings. The summed E-state index contributed by atoms with van der Waals surface area (Å²) >= 11 is 12.3. The van der Waals surface area contributed by atoms with Crippen LogP contribution >= 0.6 is 23.2 Å². The van der Waals surface area contributed by atoms with Crippen molar-refractivity contribution in [2.24, 2.45) is 0 Å². The van der Waals surface area contributed by atoms with Crippen LogP contribution in [0.25, 0.3) is 5.69 Å². The van der Waals surface area contributed by atoms with E-state index in [1.165, 1.54) is 0 Å². The maximum Gasteiger partial charge on any atom is 0.207 e. The first-order valence-electron chi connectivity index (χ1n) is 5.87. The number of hydrogen-bond donors (Lipinski definition) is 1. The number of aromatic nitrogens is 2. The maximum atomic E-state index is 6.23. The maximum absolute atomic E-state index is 6.23. The van der Waals surface area contributed by atoms with E-state index >= 15 is 0 Å². The molecule has 1 aromatic carbocycles. The quantitative estimate of drug-likeness (QED) is 0.906. The first-order valence-corrected chi connectivity index (χ1v) is 6.63. The summed E-state index contributed by atoms with van der Waals surface area (Å²) in [7, 11) is 0. The Hall–Kier alpha value is -1.19. The molecule has 1 N–H and O–H groups in total. The number of imidazole rings is 1. The highest BCUT2D eigenvalue weighted by Crippen LogP contribution is 2.30. The van der Waals surface area contributed by atoms with Gasteiger partial charge in [-0.25, -0.2) is 4.98 Å². The van der Waals surface area contributed by atoms with Crippen LogP contribution in [0.2, 0.25) is 10.0 Å². The molecule has 5 heteroatoms. The van der Waals surface area contributed by atoms with Gasteiger partial charge < -0.3 is 5.32 Å². The lowest BCUT2D eigenvalue weighted by atomic mass is 10.3. The zero-order valence-corrected chi connectivity index (χ0v) is 11.9. The molecule has 18 heavy (non-hydrogen) atoms. The van der Waals surface area contributed by atoms with E-state index in [0.717, 1.165) is 30.3 Å². The summed E-state index contributed by atoms with van der Waals surface area (Å²) in [5.41, 5.74) is 1.77. The number of rotatable bonds is 4. The molecule has 0 fully saturated rings. The third-order valence-corrected chi connectivity index (χ3v) is 3.36. The van der Waals surface area contributed by atoms with E-state index in [1.807, 2.05) is 29.8 Å². The summed E-state index contributed by atoms with van der Waals surface area (Å²) in [6, 6.07) is 5.57. The van der Waals surface area contributed by atoms with Gasteiger partial charge in [-0.2, -0.15) is 0 Å². The van der Waals surface area contributed by atoms with Crippen LogP contribution in [0.1, 0.15) is 19.0 Å². The lowest BCUT2D eigenvalue weighted by Gasteiger charge is -2.11. The minimum Gasteiger partial charge on any atom is -0.355 e. The highest BCUT2D eigenvalue weighted by Gasteiger charge is 2.11. The van der Waals surface area contributed by atoms with Crippen molar-refractivity contribution in [3.05, 3.63) is 40.1 Å². The van der Waals surface area contributed by atoms with E-state index in [9.17, 15) is 0 Å². The van der Waals surface area contributed by atoms with Gasteiger partial charge in [0.2, 0.25) is 5.95 Å². The van der Waals surface area contributed by atoms with Gasteiger partial charge in [-0.1, -0.05) is 36.2 Å². The van der Waals surface area contributed by atoms with Gasteiger partial charge >= 0.3 is 0 Å². The predicted molar refractivity (Wildman–Crippen MR) is 77.1 cm³/mol. The Labute approximate surface area is 117 Å². The van der Waals surface area contributed by atoms with E-state index in [2.05, 4.69) is 17.2 Å². The van der Waals surface area contributed by atoms with Crippen LogP contribution in [0.5, 0.6) is 0 Å². The number of hydrogen-bond acceptors (Lipinski definition) is 2. The number of nitrogens with one attached hydrogen (secondary N) is 1. The average Bonchev–Trinajstić information content (AvgIpc) is 2.71. The van der Waals surface area contributed by atoms with Crippen molar-refractivity contribution in [3.63, 3.8) is 0 Å². The number of benzene rings is 1. The molecule has 0 amide bonds. The number of nitrogens with zero attached hydrogens (tertiary/aromatic N) is 2. The second kappa shape index (κ2) is 5.63. The molecule has 0 saturated heterocycles. The fraction of sp³-hybridized carbons (Fsp3) is 0.308. The number of anilines is 1. The van der Waals surface area contributed by atoms with Crippen molar-refractivity contribution in [3.8, 4) is 5.69 Å². The minimum absolute atomic E-state index is 0.538. The Morgan fingerprint density at radius 2 is 2.11 bits per heavy atom. The van der Waals surface area contributed by atoms with Gasteiger partial charge in [-0.05, 0) is 25.5 Å². The van der Waals surface area contributed by atoms with E-state index in [-0.39, 0.29) is 0 Å². The van der Waals surface area contributed by atoms with Crippen LogP contribution in [-0.2, 0) is 0 Å². The van der Waals surface area contributed by atoms with E-state index in [1.54, 1.807) is 6.07 Å². The summed E-state index contributed by atoms with van der Waals surface area (Å²) in [4.78, 5) is 4.45. The van der Waals surface area contributed by atoms with Crippen molar-refractivity contribution in [1.82, 2.24) is 9.55 Å². The third-order valence-electron chi connectivity index (χ3n) is 2.55. The molecule has 1 aromatic heterocycles. The molecule has 2 rings (SSSR count). The monoisotopic (exact) mass is 283 g/mol. The van der Waals surface area contributed by atoms with Crippen molar-refractivity contribution in [1.29, 1.82) is 0 Å². The molecule has 0 bridgehead atoms. The van der Waals surface area contributed by atoms with Gasteiger partial charge in [0.1, 0.15) is 0 Å². The second-order valence-corrected chi connectivity index (χ2v) is 4.86. The molecule has 0 aliphatic carbocycles. The van der Waals surface area contributed by atoms with Crippen LogP contribution in [0.4, 0.5) is 5.95 Å². The fourth-order valence-corrected chi connectivity index (χ4v) is 2.11. The summed E-state index contributed by atoms with van der Waals surface area (Å²) in [5.74, 6) is 0.790. The lowest BCUT2D eigenvalue weighted by molar-refractivity contribution is 0.937. The van der Waals surface area contributed by atoms with E-state index in [0.29, 0.717) is 10.0 Å². The lowest BCUT2D eigenvalue weighted by Crippen LogP contribution is -2.07. The zero-order valence-electron chi connectivity index (χ0n) is 10.4. The van der Waals surface area contributed by atoms with Gasteiger partial charge in [-0.3, -0.25) is 4.57 Å². The zero-order chi connectivity index (χ0) is 13.1. The molecular weight excluding hydrogens is 269 g/mol. The van der Waals surface area contributed by atoms with Crippen LogP contribution < -0.4 is 5.32 Å². The third kappa shape index (κ3) is 2.62. The standard InChI is InChI=1S/C13H15Cl2N3/c1-3-7-16-13-17-9(2)8-18(13)11-6-4-5-10(14)12(11)15/h4-6,8H,3,7H2,1-2H3,(H,16,17). The van der Waals surface area contributed by atoms with Gasteiger partial charge in [0, 0.05) is 12.7 Å². The molecule has 0 atom stereocenters. The smallest absolute Gasteiger partial charge is 0.207 e. The molecule has 0 radical (unpaired) electrons. The Balaban J connectivity index is 2.46. The molecule has 2 aromatic rings. The SMILES string of the molecule is CCCNc1nc(C)cn1-c1cccc(Cl)c1Cl. The molecule has 0 saturated carbocycles. The van der Waals surface area contributed by atoms with Crippen LogP contribution in [-0.4, -0.2) is 16.1 Å². The molecule has 1 heterocycles. The highest BCUT2D eigenvalue weighted by molar-refractivity contribution is 6.43. The largest absolute Gasteiger partial charge is 0.355 e. The Morgan fingerprint density at radius 3 is 2.83 bits per heavy atom. The van der Waals surface area contributed by atoms with Crippen LogP contribution in [0, 0.1) is 6.92 Å². The normalized spacial score (nSPS) is 10.7. The molecule has 0 aliphatic heterocycles. The van der Waals surface area contributed by atoms with Crippen molar-refractivity contribution in [2.45, 2.75) is 20.3 Å². The highest BCUT2D eigenvalue weighted by atomic mass is 35.5. The average molecular weight is 284 g/mol. The summed E-state index contributed by atoms with van der Waals surface area (Å²) in [6.45, 7) is 4.93. The first kappa shape index (κ1) is 13.2. The number of halogens is 2. The first-order chi connectivity index (χ1) is 8.63. The van der Waals surface area contributed by atoms with Crippen molar-refractivity contribution < 1.29 is 0 Å². The second-order valence-electron chi connectivity index (χ2n) is 4.08. The summed E-state index contributed by atoms with van der Waals surface area (Å²) < 4.78 is 1.93. The van der Waals surface area contributed by atoms with E-state index in [4.69, 9.17) is 23.2 Å². The van der Waals surface area contributed by atoms with Gasteiger partial charge in [0.15, 0.2) is 0 Å². The fourth-order valence-electron chi connectivity index (χ4n) is 1.72. The molecule has 96 valence electrons. The topological polar surface area (TPSA) is 29.9 Å². The van der Waals surface area contributed by atoms with Gasteiger partial charge in [0.05, 0.1) is 21.4 Å². The Kier molecular flexibility index (Phi) is 4.15. The molecule has 3 nitrogen and oxygen atoms in total. The van der Waals surface area contributed by atoms with Gasteiger partial charge in [0.25, 0.3) is 0 Å². The minimum atomic E-state index is 0.538. The predicted octanol–water partition coefficient (Wildman–Crippen LogP) is 4.31. The molecule has 0 spiro atoms.